The molecule has 0 saturated heterocycles. The highest BCUT2D eigenvalue weighted by molar-refractivity contribution is 7.89. The van der Waals surface area contributed by atoms with E-state index in [1.54, 1.807) is 49.5 Å². The zero-order chi connectivity index (χ0) is 33.4. The number of carbonyl (C=O) groups excluding carboxylic acids is 1. The van der Waals surface area contributed by atoms with Crippen LogP contribution in [0.1, 0.15) is 56.2 Å². The molecule has 0 aliphatic carbocycles. The van der Waals surface area contributed by atoms with E-state index in [2.05, 4.69) is 48.7 Å². The normalized spacial score (nSPS) is 11.8. The number of carboxylic acid groups (broad SMARTS) is 1. The minimum absolute atomic E-state index is 0.0532. The maximum absolute atomic E-state index is 12.3. The molecule has 1 heterocycles. The molecule has 5 rings (SSSR count). The Labute approximate surface area is 270 Å². The molecule has 9 heteroatoms. The van der Waals surface area contributed by atoms with E-state index >= 15 is 0 Å². The van der Waals surface area contributed by atoms with Gasteiger partial charge in [0.2, 0.25) is 10.0 Å². The second-order valence-electron chi connectivity index (χ2n) is 11.4. The number of nitrogens with one attached hydrogen (secondary N) is 1. The molecule has 0 saturated carbocycles. The number of hydrogen-bond donors (Lipinski definition) is 2. The van der Waals surface area contributed by atoms with Crippen LogP contribution in [0.4, 0.5) is 0 Å². The predicted octanol–water partition coefficient (Wildman–Crippen LogP) is 6.56. The minimum atomic E-state index is -3.87. The first-order valence-electron chi connectivity index (χ1n) is 14.9. The first kappa shape index (κ1) is 34.0. The average Bonchev–Trinajstić information content (AvgIpc) is 3.55. The van der Waals surface area contributed by atoms with Gasteiger partial charge in [-0.2, -0.15) is 4.72 Å². The lowest BCUT2D eigenvalue weighted by Gasteiger charge is -2.15. The average molecular weight is 638 g/mol. The fourth-order valence-electron chi connectivity index (χ4n) is 5.09. The fourth-order valence-corrected chi connectivity index (χ4v) is 6.28. The summed E-state index contributed by atoms with van der Waals surface area (Å²) < 4.78 is 28.8. The third kappa shape index (κ3) is 8.87. The van der Waals surface area contributed by atoms with Crippen LogP contribution in [0.5, 0.6) is 0 Å². The van der Waals surface area contributed by atoms with Crippen LogP contribution in [0.25, 0.3) is 5.69 Å². The van der Waals surface area contributed by atoms with Gasteiger partial charge in [0.05, 0.1) is 11.2 Å². The van der Waals surface area contributed by atoms with Crippen molar-refractivity contribution in [1.29, 1.82) is 0 Å². The highest BCUT2D eigenvalue weighted by atomic mass is 32.2. The molecule has 0 bridgehead atoms. The molecular formula is C37H39N3O5S. The largest absolute Gasteiger partial charge is 0.480 e. The van der Waals surface area contributed by atoms with Gasteiger partial charge in [-0.25, -0.2) is 13.4 Å². The van der Waals surface area contributed by atoms with Crippen molar-refractivity contribution in [3.8, 4) is 5.69 Å². The summed E-state index contributed by atoms with van der Waals surface area (Å²) in [7, 11) is -3.87. The first-order valence-corrected chi connectivity index (χ1v) is 16.4. The van der Waals surface area contributed by atoms with Crippen LogP contribution in [-0.4, -0.2) is 40.9 Å². The summed E-state index contributed by atoms with van der Waals surface area (Å²) >= 11 is 0. The summed E-state index contributed by atoms with van der Waals surface area (Å²) in [6, 6.07) is 24.4. The van der Waals surface area contributed by atoms with E-state index < -0.39 is 22.0 Å². The third-order valence-corrected chi connectivity index (χ3v) is 9.30. The van der Waals surface area contributed by atoms with Crippen LogP contribution >= 0.6 is 0 Å². The van der Waals surface area contributed by atoms with Crippen molar-refractivity contribution in [2.75, 3.05) is 0 Å². The maximum Gasteiger partial charge on any atom is 0.322 e. The first-order chi connectivity index (χ1) is 21.8. The highest BCUT2D eigenvalue weighted by Gasteiger charge is 2.25. The summed E-state index contributed by atoms with van der Waals surface area (Å²) in [6.07, 6.45) is 6.50. The molecule has 238 valence electrons. The number of Topliss-reactive ketones (excluding diaryl/α,β-unsaturated/α-hetero) is 1. The number of carbonyl (C=O) groups is 2. The summed E-state index contributed by atoms with van der Waals surface area (Å²) in [6.45, 7) is 9.78. The molecule has 2 N–H and O–H groups in total. The van der Waals surface area contributed by atoms with Crippen molar-refractivity contribution >= 4 is 21.8 Å². The smallest absolute Gasteiger partial charge is 0.322 e. The van der Waals surface area contributed by atoms with Crippen molar-refractivity contribution in [3.05, 3.63) is 148 Å². The summed E-state index contributed by atoms with van der Waals surface area (Å²) in [4.78, 5) is 27.2. The van der Waals surface area contributed by atoms with Crippen LogP contribution in [0.3, 0.4) is 0 Å². The molecule has 0 fully saturated rings. The molecule has 0 amide bonds. The number of imidazole rings is 1. The van der Waals surface area contributed by atoms with E-state index in [-0.39, 0.29) is 17.1 Å². The van der Waals surface area contributed by atoms with Gasteiger partial charge >= 0.3 is 5.97 Å². The third-order valence-electron chi connectivity index (χ3n) is 7.81. The zero-order valence-electron chi connectivity index (χ0n) is 26.7. The fraction of sp³-hybridized carbons (Fsp3) is 0.216. The van der Waals surface area contributed by atoms with Crippen LogP contribution in [0, 0.1) is 27.7 Å². The van der Waals surface area contributed by atoms with Gasteiger partial charge in [0.1, 0.15) is 6.04 Å². The van der Waals surface area contributed by atoms with Gasteiger partial charge < -0.3 is 9.67 Å². The Morgan fingerprint density at radius 2 is 1.52 bits per heavy atom. The standard InChI is InChI=1S/C21H22N2O.C16H17NO4S/c1-14-5-6-20(23-8-7-22-13-23)11-18(14)12-21-15(2)9-19(17(4)24)10-16(21)3;1-12-7-9-14(10-8-12)22(20,21)17-15(16(18)19)11-13-5-3-2-4-6-13/h5-11,13H,12H2,1-4H3;2-10,15,17H,11H2,1H3,(H,18,19). The number of hydrogen-bond acceptors (Lipinski definition) is 5. The number of benzene rings is 4. The van der Waals surface area contributed by atoms with Gasteiger partial charge in [-0.3, -0.25) is 9.59 Å². The predicted molar refractivity (Wildman–Crippen MR) is 180 cm³/mol. The molecular weight excluding hydrogens is 598 g/mol. The Kier molecular flexibility index (Phi) is 11.1. The molecule has 1 atom stereocenters. The number of rotatable bonds is 10. The number of aryl methyl sites for hydroxylation is 4. The number of aliphatic carboxylic acids is 1. The molecule has 4 aromatic carbocycles. The van der Waals surface area contributed by atoms with Crippen molar-refractivity contribution in [1.82, 2.24) is 14.3 Å². The van der Waals surface area contributed by atoms with Crippen LogP contribution in [-0.2, 0) is 27.7 Å². The molecule has 1 aromatic heterocycles. The Morgan fingerprint density at radius 1 is 0.870 bits per heavy atom. The Hall–Kier alpha value is -4.86. The maximum atomic E-state index is 12.3. The topological polar surface area (TPSA) is 118 Å². The van der Waals surface area contributed by atoms with E-state index in [0.717, 1.165) is 28.8 Å². The quantitative estimate of drug-likeness (QED) is 0.168. The van der Waals surface area contributed by atoms with E-state index in [9.17, 15) is 23.1 Å². The summed E-state index contributed by atoms with van der Waals surface area (Å²) in [5.41, 5.74) is 9.79. The second kappa shape index (κ2) is 14.9. The minimum Gasteiger partial charge on any atom is -0.480 e. The van der Waals surface area contributed by atoms with Crippen molar-refractivity contribution in [2.45, 2.75) is 58.4 Å². The van der Waals surface area contributed by atoms with Gasteiger partial charge in [0.25, 0.3) is 0 Å². The Bertz CT molecular complexity index is 1900. The molecule has 8 nitrogen and oxygen atoms in total. The van der Waals surface area contributed by atoms with E-state index in [4.69, 9.17) is 0 Å². The van der Waals surface area contributed by atoms with E-state index in [1.165, 1.54) is 39.9 Å². The van der Waals surface area contributed by atoms with Crippen molar-refractivity contribution in [2.24, 2.45) is 0 Å². The number of carboxylic acids is 1. The Morgan fingerprint density at radius 3 is 2.09 bits per heavy atom. The molecule has 0 spiro atoms. The number of nitrogens with zero attached hydrogens (tertiary/aromatic N) is 2. The van der Waals surface area contributed by atoms with Gasteiger partial charge in [0, 0.05) is 23.6 Å². The number of ketones is 1. The van der Waals surface area contributed by atoms with Crippen LogP contribution < -0.4 is 4.72 Å². The SMILES string of the molecule is CC(=O)c1cc(C)c(Cc2cc(-n3ccnc3)ccc2C)c(C)c1.Cc1ccc(S(=O)(=O)NC(Cc2ccccc2)C(=O)O)cc1. The molecule has 1 unspecified atom stereocenters. The van der Waals surface area contributed by atoms with Gasteiger partial charge in [-0.05, 0) is 117 Å². The lowest BCUT2D eigenvalue weighted by atomic mass is 9.91. The number of sulfonamides is 1. The second-order valence-corrected chi connectivity index (χ2v) is 13.1. The van der Waals surface area contributed by atoms with Gasteiger partial charge in [-0.1, -0.05) is 54.1 Å². The monoisotopic (exact) mass is 637 g/mol. The highest BCUT2D eigenvalue weighted by Crippen LogP contribution is 2.24. The molecule has 0 aliphatic heterocycles. The Balaban J connectivity index is 0.000000210. The van der Waals surface area contributed by atoms with Gasteiger partial charge in [0.15, 0.2) is 5.78 Å². The zero-order valence-corrected chi connectivity index (χ0v) is 27.5. The summed E-state index contributed by atoms with van der Waals surface area (Å²) in [5.74, 6) is -1.09. The molecule has 5 aromatic rings. The van der Waals surface area contributed by atoms with Crippen molar-refractivity contribution in [3.63, 3.8) is 0 Å². The van der Waals surface area contributed by atoms with Crippen LogP contribution in [0.2, 0.25) is 0 Å². The van der Waals surface area contributed by atoms with Gasteiger partial charge in [-0.15, -0.1) is 0 Å². The van der Waals surface area contributed by atoms with E-state index in [0.29, 0.717) is 0 Å². The molecule has 0 aliphatic rings. The molecule has 46 heavy (non-hydrogen) atoms. The van der Waals surface area contributed by atoms with Crippen LogP contribution in [0.15, 0.2) is 109 Å². The summed E-state index contributed by atoms with van der Waals surface area (Å²) in [5, 5.41) is 9.26. The lowest BCUT2D eigenvalue weighted by Crippen LogP contribution is -2.42. The number of aromatic nitrogens is 2. The lowest BCUT2D eigenvalue weighted by molar-refractivity contribution is -0.138. The molecule has 0 radical (unpaired) electrons. The van der Waals surface area contributed by atoms with Crippen molar-refractivity contribution < 1.29 is 23.1 Å². The van der Waals surface area contributed by atoms with E-state index in [1.807, 2.05) is 42.2 Å².